The van der Waals surface area contributed by atoms with E-state index in [0.717, 1.165) is 35.5 Å². The van der Waals surface area contributed by atoms with Crippen molar-refractivity contribution in [2.45, 2.75) is 58.0 Å². The Hall–Kier alpha value is -3.34. The maximum atomic E-state index is 13.6. The Labute approximate surface area is 202 Å². The summed E-state index contributed by atoms with van der Waals surface area (Å²) in [6.07, 6.45) is 1.72. The largest absolute Gasteiger partial charge is 0.459 e. The summed E-state index contributed by atoms with van der Waals surface area (Å²) in [5.41, 5.74) is 6.07. The molecule has 0 saturated heterocycles. The number of carbonyl (C=O) groups is 2. The molecule has 1 aliphatic carbocycles. The van der Waals surface area contributed by atoms with Gasteiger partial charge in [0.1, 0.15) is 0 Å². The Balaban J connectivity index is 1.78. The normalized spacial score (nSPS) is 21.0. The number of hydrogen-bond acceptors (Lipinski definition) is 5. The van der Waals surface area contributed by atoms with Gasteiger partial charge in [-0.05, 0) is 55.9 Å². The topological polar surface area (TPSA) is 58.6 Å². The first-order chi connectivity index (χ1) is 16.3. The van der Waals surface area contributed by atoms with Gasteiger partial charge < -0.3 is 15.0 Å². The molecule has 0 spiro atoms. The third-order valence-corrected chi connectivity index (χ3v) is 6.94. The molecule has 0 saturated carbocycles. The lowest BCUT2D eigenvalue weighted by atomic mass is 9.71. The first-order valence-corrected chi connectivity index (χ1v) is 12.1. The van der Waals surface area contributed by atoms with Gasteiger partial charge in [0.25, 0.3) is 0 Å². The highest BCUT2D eigenvalue weighted by molar-refractivity contribution is 6.04. The molecule has 0 amide bonds. The van der Waals surface area contributed by atoms with Crippen molar-refractivity contribution in [1.82, 2.24) is 5.32 Å². The van der Waals surface area contributed by atoms with Gasteiger partial charge in [0.05, 0.1) is 11.7 Å². The van der Waals surface area contributed by atoms with Gasteiger partial charge in [0.15, 0.2) is 5.78 Å². The summed E-state index contributed by atoms with van der Waals surface area (Å²) >= 11 is 0. The Morgan fingerprint density at radius 2 is 1.74 bits per heavy atom. The molecule has 0 radical (unpaired) electrons. The second-order valence-electron chi connectivity index (χ2n) is 9.54. The molecule has 1 heterocycles. The zero-order chi connectivity index (χ0) is 24.4. The molecule has 34 heavy (non-hydrogen) atoms. The van der Waals surface area contributed by atoms with E-state index in [1.54, 1.807) is 0 Å². The molecule has 0 aromatic heterocycles. The van der Waals surface area contributed by atoms with Gasteiger partial charge in [-0.3, -0.25) is 4.79 Å². The smallest absolute Gasteiger partial charge is 0.337 e. The quantitative estimate of drug-likeness (QED) is 0.583. The van der Waals surface area contributed by atoms with Gasteiger partial charge >= 0.3 is 5.97 Å². The summed E-state index contributed by atoms with van der Waals surface area (Å²) in [5.74, 6) is -0.581. The number of ketones is 1. The third-order valence-electron chi connectivity index (χ3n) is 6.94. The summed E-state index contributed by atoms with van der Waals surface area (Å²) in [4.78, 5) is 29.0. The van der Waals surface area contributed by atoms with Crippen LogP contribution < -0.4 is 10.2 Å². The molecule has 5 heteroatoms. The molecule has 5 nitrogen and oxygen atoms in total. The average molecular weight is 459 g/mol. The lowest BCUT2D eigenvalue weighted by molar-refractivity contribution is -0.144. The number of allylic oxidation sites excluding steroid dienone is 3. The van der Waals surface area contributed by atoms with E-state index in [2.05, 4.69) is 17.4 Å². The van der Waals surface area contributed by atoms with Crippen molar-refractivity contribution >= 4 is 17.4 Å². The van der Waals surface area contributed by atoms with Gasteiger partial charge in [-0.15, -0.1) is 0 Å². The Morgan fingerprint density at radius 3 is 2.35 bits per heavy atom. The number of ether oxygens (including phenoxy) is 1. The van der Waals surface area contributed by atoms with Crippen LogP contribution in [0.5, 0.6) is 0 Å². The molecular formula is C29H34N2O3. The number of benzene rings is 2. The van der Waals surface area contributed by atoms with Crippen molar-refractivity contribution < 1.29 is 14.3 Å². The minimum atomic E-state index is -0.437. The van der Waals surface area contributed by atoms with Crippen molar-refractivity contribution in [3.05, 3.63) is 88.3 Å². The molecule has 0 bridgehead atoms. The van der Waals surface area contributed by atoms with E-state index >= 15 is 0 Å². The second kappa shape index (κ2) is 9.88. The lowest BCUT2D eigenvalue weighted by Gasteiger charge is -2.37. The summed E-state index contributed by atoms with van der Waals surface area (Å²) in [7, 11) is 3.99. The summed E-state index contributed by atoms with van der Waals surface area (Å²) in [5, 5.41) is 3.43. The van der Waals surface area contributed by atoms with Gasteiger partial charge in [0, 0.05) is 49.1 Å². The van der Waals surface area contributed by atoms with Crippen LogP contribution in [-0.4, -0.2) is 32.0 Å². The first kappa shape index (κ1) is 23.8. The van der Waals surface area contributed by atoms with Crippen molar-refractivity contribution in [2.75, 3.05) is 19.0 Å². The van der Waals surface area contributed by atoms with Crippen LogP contribution in [0.15, 0.2) is 77.1 Å². The number of esters is 1. The van der Waals surface area contributed by atoms with Crippen LogP contribution in [0.2, 0.25) is 0 Å². The fraction of sp³-hybridized carbons (Fsp3) is 0.379. The number of Topliss-reactive ketones (excluding diaryl/α,β-unsaturated/α-hetero) is 1. The Bertz CT molecular complexity index is 1130. The molecule has 1 aliphatic heterocycles. The molecular weight excluding hydrogens is 424 g/mol. The number of nitrogens with zero attached hydrogens (tertiary/aromatic N) is 1. The fourth-order valence-electron chi connectivity index (χ4n) is 4.90. The van der Waals surface area contributed by atoms with Gasteiger partial charge in [-0.1, -0.05) is 49.4 Å². The van der Waals surface area contributed by atoms with Crippen molar-refractivity contribution in [1.29, 1.82) is 0 Å². The monoisotopic (exact) mass is 458 g/mol. The maximum absolute atomic E-state index is 13.6. The minimum absolute atomic E-state index is 0.0885. The fourth-order valence-corrected chi connectivity index (χ4v) is 4.90. The molecule has 3 atom stereocenters. The van der Waals surface area contributed by atoms with E-state index in [0.29, 0.717) is 17.6 Å². The number of carbonyl (C=O) groups excluding carboxylic acids is 2. The van der Waals surface area contributed by atoms with Crippen molar-refractivity contribution in [3.63, 3.8) is 0 Å². The van der Waals surface area contributed by atoms with E-state index < -0.39 is 5.92 Å². The highest BCUT2D eigenvalue weighted by Crippen LogP contribution is 2.46. The number of hydrogen-bond donors (Lipinski definition) is 1. The van der Waals surface area contributed by atoms with Crippen molar-refractivity contribution in [3.8, 4) is 0 Å². The van der Waals surface area contributed by atoms with E-state index in [1.807, 2.05) is 82.2 Å². The van der Waals surface area contributed by atoms with E-state index in [-0.39, 0.29) is 23.8 Å². The summed E-state index contributed by atoms with van der Waals surface area (Å²) in [6, 6.07) is 18.3. The van der Waals surface area contributed by atoms with Crippen molar-refractivity contribution in [2.24, 2.45) is 0 Å². The van der Waals surface area contributed by atoms with Crippen LogP contribution >= 0.6 is 0 Å². The summed E-state index contributed by atoms with van der Waals surface area (Å²) < 4.78 is 5.75. The highest BCUT2D eigenvalue weighted by Gasteiger charge is 2.41. The zero-order valence-corrected chi connectivity index (χ0v) is 20.7. The molecule has 2 aromatic carbocycles. The molecule has 4 rings (SSSR count). The predicted octanol–water partition coefficient (Wildman–Crippen LogP) is 5.46. The Morgan fingerprint density at radius 1 is 1.06 bits per heavy atom. The second-order valence-corrected chi connectivity index (χ2v) is 9.54. The third kappa shape index (κ3) is 4.65. The molecule has 1 N–H and O–H groups in total. The number of dihydropyridines is 1. The molecule has 0 fully saturated rings. The standard InChI is InChI=1S/C29H34N2O3/c1-6-18(2)34-29(33)26-19(3)30-24-16-22(20-10-8-7-9-11-20)17-25(32)28(24)27(26)21-12-14-23(15-13-21)31(4)5/h7-15,18,22,27,30H,6,16-17H2,1-5H3/t18-,22+,27+/m1/s1. The van der Waals surface area contributed by atoms with Gasteiger partial charge in [-0.2, -0.15) is 0 Å². The van der Waals surface area contributed by atoms with Crippen LogP contribution in [0.25, 0.3) is 0 Å². The minimum Gasteiger partial charge on any atom is -0.459 e. The predicted molar refractivity (Wildman–Crippen MR) is 136 cm³/mol. The number of nitrogens with one attached hydrogen (secondary N) is 1. The first-order valence-electron chi connectivity index (χ1n) is 12.1. The van der Waals surface area contributed by atoms with E-state index in [1.165, 1.54) is 5.56 Å². The van der Waals surface area contributed by atoms with E-state index in [9.17, 15) is 9.59 Å². The van der Waals surface area contributed by atoms with Gasteiger partial charge in [0.2, 0.25) is 0 Å². The molecule has 2 aliphatic rings. The SMILES string of the molecule is CC[C@@H](C)OC(=O)C1=C(C)NC2=C(C(=O)C[C@@H](c3ccccc3)C2)[C@H]1c1ccc(N(C)C)cc1. The molecule has 2 aromatic rings. The summed E-state index contributed by atoms with van der Waals surface area (Å²) in [6.45, 7) is 5.80. The van der Waals surface area contributed by atoms with Crippen LogP contribution in [0.1, 0.15) is 63.0 Å². The van der Waals surface area contributed by atoms with Crippen LogP contribution in [0.3, 0.4) is 0 Å². The molecule has 0 unspecified atom stereocenters. The zero-order valence-electron chi connectivity index (χ0n) is 20.7. The highest BCUT2D eigenvalue weighted by atomic mass is 16.5. The maximum Gasteiger partial charge on any atom is 0.337 e. The van der Waals surface area contributed by atoms with Crippen LogP contribution in [-0.2, 0) is 14.3 Å². The Kier molecular flexibility index (Phi) is 6.92. The average Bonchev–Trinajstić information content (AvgIpc) is 2.83. The van der Waals surface area contributed by atoms with E-state index in [4.69, 9.17) is 4.74 Å². The molecule has 178 valence electrons. The van der Waals surface area contributed by atoms with Crippen LogP contribution in [0, 0.1) is 0 Å². The number of rotatable bonds is 6. The lowest BCUT2D eigenvalue weighted by Crippen LogP contribution is -2.36. The van der Waals surface area contributed by atoms with Gasteiger partial charge in [-0.25, -0.2) is 4.79 Å². The van der Waals surface area contributed by atoms with Crippen LogP contribution in [0.4, 0.5) is 5.69 Å². The number of anilines is 1.